The van der Waals surface area contributed by atoms with Crippen LogP contribution < -0.4 is 11.1 Å². The zero-order chi connectivity index (χ0) is 18.4. The van der Waals surface area contributed by atoms with Gasteiger partial charge in [0.15, 0.2) is 0 Å². The SMILES string of the molecule is N#Cc1ccc([C@H](N[C@@H](C[C@@H]2CCOC2)c2ccccc2)C(N)=O)cc1. The lowest BCUT2D eigenvalue weighted by atomic mass is 9.92. The van der Waals surface area contributed by atoms with Crippen molar-refractivity contribution < 1.29 is 9.53 Å². The number of nitrogens with two attached hydrogens (primary N) is 1. The molecule has 1 amide bonds. The number of nitrogens with one attached hydrogen (secondary N) is 1. The molecule has 5 nitrogen and oxygen atoms in total. The van der Waals surface area contributed by atoms with Crippen LogP contribution in [-0.4, -0.2) is 19.1 Å². The Labute approximate surface area is 153 Å². The van der Waals surface area contributed by atoms with Crippen molar-refractivity contribution in [2.75, 3.05) is 13.2 Å². The van der Waals surface area contributed by atoms with Crippen molar-refractivity contribution >= 4 is 5.91 Å². The highest BCUT2D eigenvalue weighted by atomic mass is 16.5. The molecule has 0 radical (unpaired) electrons. The Kier molecular flexibility index (Phi) is 6.00. The number of amides is 1. The van der Waals surface area contributed by atoms with Crippen LogP contribution in [-0.2, 0) is 9.53 Å². The van der Waals surface area contributed by atoms with Gasteiger partial charge in [0.25, 0.3) is 0 Å². The second kappa shape index (κ2) is 8.61. The fourth-order valence-electron chi connectivity index (χ4n) is 3.38. The molecule has 0 spiro atoms. The molecule has 1 aliphatic rings. The van der Waals surface area contributed by atoms with Crippen molar-refractivity contribution in [3.8, 4) is 6.07 Å². The predicted molar refractivity (Wildman–Crippen MR) is 99.0 cm³/mol. The normalized spacial score (nSPS) is 18.8. The number of nitriles is 1. The number of ether oxygens (including phenoxy) is 1. The molecule has 3 N–H and O–H groups in total. The Bertz CT molecular complexity index is 762. The second-order valence-electron chi connectivity index (χ2n) is 6.66. The quantitative estimate of drug-likeness (QED) is 0.804. The molecule has 3 atom stereocenters. The van der Waals surface area contributed by atoms with Crippen LogP contribution in [0.1, 0.15) is 41.6 Å². The first-order valence-corrected chi connectivity index (χ1v) is 8.85. The molecule has 3 rings (SSSR count). The van der Waals surface area contributed by atoms with Gasteiger partial charge in [0.05, 0.1) is 11.6 Å². The lowest BCUT2D eigenvalue weighted by Gasteiger charge is -2.26. The van der Waals surface area contributed by atoms with Crippen molar-refractivity contribution in [2.45, 2.75) is 24.9 Å². The Balaban J connectivity index is 1.83. The summed E-state index contributed by atoms with van der Waals surface area (Å²) in [6, 6.07) is 18.5. The summed E-state index contributed by atoms with van der Waals surface area (Å²) >= 11 is 0. The Hall–Kier alpha value is -2.68. The molecule has 0 saturated carbocycles. The van der Waals surface area contributed by atoms with Gasteiger partial charge in [-0.3, -0.25) is 10.1 Å². The lowest BCUT2D eigenvalue weighted by molar-refractivity contribution is -0.120. The maximum Gasteiger partial charge on any atom is 0.239 e. The maximum atomic E-state index is 12.1. The number of rotatable bonds is 7. The highest BCUT2D eigenvalue weighted by Crippen LogP contribution is 2.29. The molecule has 26 heavy (non-hydrogen) atoms. The summed E-state index contributed by atoms with van der Waals surface area (Å²) in [5.41, 5.74) is 8.13. The number of nitrogens with zero attached hydrogens (tertiary/aromatic N) is 1. The van der Waals surface area contributed by atoms with E-state index in [4.69, 9.17) is 15.7 Å². The van der Waals surface area contributed by atoms with Crippen molar-refractivity contribution in [3.63, 3.8) is 0 Å². The van der Waals surface area contributed by atoms with Crippen LogP contribution in [0.25, 0.3) is 0 Å². The third-order valence-electron chi connectivity index (χ3n) is 4.82. The summed E-state index contributed by atoms with van der Waals surface area (Å²) in [5.74, 6) is 0.0282. The van der Waals surface area contributed by atoms with E-state index in [2.05, 4.69) is 23.5 Å². The van der Waals surface area contributed by atoms with Gasteiger partial charge in [-0.2, -0.15) is 5.26 Å². The monoisotopic (exact) mass is 349 g/mol. The van der Waals surface area contributed by atoms with E-state index >= 15 is 0 Å². The van der Waals surface area contributed by atoms with Gasteiger partial charge in [-0.25, -0.2) is 0 Å². The summed E-state index contributed by atoms with van der Waals surface area (Å²) in [4.78, 5) is 12.1. The van der Waals surface area contributed by atoms with Crippen LogP contribution in [0.2, 0.25) is 0 Å². The van der Waals surface area contributed by atoms with Gasteiger partial charge >= 0.3 is 0 Å². The number of primary amides is 1. The van der Waals surface area contributed by atoms with Gasteiger partial charge < -0.3 is 10.5 Å². The first-order valence-electron chi connectivity index (χ1n) is 8.85. The zero-order valence-electron chi connectivity index (χ0n) is 14.6. The summed E-state index contributed by atoms with van der Waals surface area (Å²) in [6.45, 7) is 1.55. The number of hydrogen-bond donors (Lipinski definition) is 2. The van der Waals surface area contributed by atoms with Crippen LogP contribution in [0.15, 0.2) is 54.6 Å². The largest absolute Gasteiger partial charge is 0.381 e. The standard InChI is InChI=1S/C21H23N3O2/c22-13-15-6-8-18(9-7-15)20(21(23)25)24-19(12-16-10-11-26-14-16)17-4-2-1-3-5-17/h1-9,16,19-20,24H,10-12,14H2,(H2,23,25)/t16-,19-,20-/m0/s1. The van der Waals surface area contributed by atoms with Crippen LogP contribution in [0.4, 0.5) is 0 Å². The number of hydrogen-bond acceptors (Lipinski definition) is 4. The molecule has 1 aliphatic heterocycles. The second-order valence-corrected chi connectivity index (χ2v) is 6.66. The smallest absolute Gasteiger partial charge is 0.239 e. The predicted octanol–water partition coefficient (Wildman–Crippen LogP) is 2.84. The summed E-state index contributed by atoms with van der Waals surface area (Å²) in [6.07, 6.45) is 1.91. The minimum atomic E-state index is -0.615. The topological polar surface area (TPSA) is 88.1 Å². The van der Waals surface area contributed by atoms with E-state index in [-0.39, 0.29) is 6.04 Å². The molecule has 0 aliphatic carbocycles. The van der Waals surface area contributed by atoms with Crippen molar-refractivity contribution in [3.05, 3.63) is 71.3 Å². The highest BCUT2D eigenvalue weighted by Gasteiger charge is 2.26. The van der Waals surface area contributed by atoms with E-state index in [0.717, 1.165) is 37.2 Å². The number of carbonyl (C=O) groups is 1. The van der Waals surface area contributed by atoms with Gasteiger partial charge in [-0.05, 0) is 42.0 Å². The van der Waals surface area contributed by atoms with Crippen LogP contribution >= 0.6 is 0 Å². The van der Waals surface area contributed by atoms with E-state index in [9.17, 15) is 4.79 Å². The molecule has 134 valence electrons. The van der Waals surface area contributed by atoms with Gasteiger partial charge in [0.2, 0.25) is 5.91 Å². The fourth-order valence-corrected chi connectivity index (χ4v) is 3.38. The van der Waals surface area contributed by atoms with E-state index < -0.39 is 11.9 Å². The summed E-state index contributed by atoms with van der Waals surface area (Å²) < 4.78 is 5.51. The molecule has 0 aromatic heterocycles. The minimum Gasteiger partial charge on any atom is -0.381 e. The summed E-state index contributed by atoms with van der Waals surface area (Å²) in [7, 11) is 0. The van der Waals surface area contributed by atoms with Crippen molar-refractivity contribution in [1.82, 2.24) is 5.32 Å². The molecule has 1 saturated heterocycles. The highest BCUT2D eigenvalue weighted by molar-refractivity contribution is 5.81. The first kappa shape index (κ1) is 18.1. The van der Waals surface area contributed by atoms with Crippen molar-refractivity contribution in [1.29, 1.82) is 5.26 Å². The molecule has 0 bridgehead atoms. The molecule has 2 aromatic carbocycles. The summed E-state index contributed by atoms with van der Waals surface area (Å²) in [5, 5.41) is 12.4. The zero-order valence-corrected chi connectivity index (χ0v) is 14.6. The first-order chi connectivity index (χ1) is 12.7. The third-order valence-corrected chi connectivity index (χ3v) is 4.82. The van der Waals surface area contributed by atoms with Gasteiger partial charge in [0, 0.05) is 19.3 Å². The van der Waals surface area contributed by atoms with E-state index in [1.165, 1.54) is 0 Å². The molecule has 0 unspecified atom stereocenters. The molecule has 1 heterocycles. The van der Waals surface area contributed by atoms with Crippen LogP contribution in [0, 0.1) is 17.2 Å². The average molecular weight is 349 g/mol. The van der Waals surface area contributed by atoms with E-state index in [1.54, 1.807) is 24.3 Å². The Morgan fingerprint density at radius 1 is 1.19 bits per heavy atom. The molecule has 1 fully saturated rings. The van der Waals surface area contributed by atoms with E-state index in [1.807, 2.05) is 18.2 Å². The number of benzene rings is 2. The fraction of sp³-hybridized carbons (Fsp3) is 0.333. The Morgan fingerprint density at radius 3 is 2.50 bits per heavy atom. The molecule has 5 heteroatoms. The van der Waals surface area contributed by atoms with E-state index in [0.29, 0.717) is 11.5 Å². The Morgan fingerprint density at radius 2 is 1.92 bits per heavy atom. The lowest BCUT2D eigenvalue weighted by Crippen LogP contribution is -2.37. The van der Waals surface area contributed by atoms with Crippen LogP contribution in [0.5, 0.6) is 0 Å². The minimum absolute atomic E-state index is 0.00366. The van der Waals surface area contributed by atoms with Gasteiger partial charge in [-0.15, -0.1) is 0 Å². The molecular formula is C21H23N3O2. The van der Waals surface area contributed by atoms with Gasteiger partial charge in [0.1, 0.15) is 6.04 Å². The maximum absolute atomic E-state index is 12.1. The van der Waals surface area contributed by atoms with Crippen molar-refractivity contribution in [2.24, 2.45) is 11.7 Å². The number of carbonyl (C=O) groups excluding carboxylic acids is 1. The van der Waals surface area contributed by atoms with Crippen LogP contribution in [0.3, 0.4) is 0 Å². The average Bonchev–Trinajstić information content (AvgIpc) is 3.19. The molecular weight excluding hydrogens is 326 g/mol. The molecule has 2 aromatic rings. The van der Waals surface area contributed by atoms with Gasteiger partial charge in [-0.1, -0.05) is 42.5 Å². The third kappa shape index (κ3) is 4.48.